The molecule has 24 heavy (non-hydrogen) atoms. The van der Waals surface area contributed by atoms with Crippen molar-refractivity contribution in [3.05, 3.63) is 59.5 Å². The molecule has 122 valence electrons. The van der Waals surface area contributed by atoms with E-state index in [0.29, 0.717) is 22.3 Å². The number of amides is 1. The fourth-order valence-corrected chi connectivity index (χ4v) is 2.51. The van der Waals surface area contributed by atoms with E-state index in [0.717, 1.165) is 5.56 Å². The van der Waals surface area contributed by atoms with Gasteiger partial charge in [-0.3, -0.25) is 9.59 Å². The average Bonchev–Trinajstić information content (AvgIpc) is 2.97. The van der Waals surface area contributed by atoms with E-state index >= 15 is 0 Å². The van der Waals surface area contributed by atoms with Crippen LogP contribution >= 0.6 is 0 Å². The van der Waals surface area contributed by atoms with Crippen molar-refractivity contribution < 1.29 is 18.7 Å². The number of H-pyrrole nitrogens is 1. The van der Waals surface area contributed by atoms with E-state index in [1.807, 2.05) is 13.0 Å². The van der Waals surface area contributed by atoms with Crippen molar-refractivity contribution in [2.75, 3.05) is 12.4 Å². The van der Waals surface area contributed by atoms with Gasteiger partial charge in [0, 0.05) is 17.1 Å². The minimum absolute atomic E-state index is 0.189. The Morgan fingerprint density at radius 1 is 1.17 bits per heavy atom. The molecule has 1 aromatic heterocycles. The summed E-state index contributed by atoms with van der Waals surface area (Å²) in [6.07, 6.45) is 1.40. The van der Waals surface area contributed by atoms with Gasteiger partial charge in [0.05, 0.1) is 18.4 Å². The van der Waals surface area contributed by atoms with E-state index < -0.39 is 17.5 Å². The quantitative estimate of drug-likeness (QED) is 0.570. The molecule has 1 heterocycles. The van der Waals surface area contributed by atoms with Gasteiger partial charge in [0.2, 0.25) is 0 Å². The number of fused-ring (bicyclic) bond motifs is 1. The minimum Gasteiger partial charge on any atom is -0.495 e. The first kappa shape index (κ1) is 15.7. The standard InChI is InChI=1S/C18H15FN2O3/c1-10-3-6-16(24-2)15(7-10)21-18(23)17(22)13-9-20-14-8-11(19)4-5-12(13)14/h3-9,20H,1-2H3,(H,21,23). The molecular formula is C18H15FN2O3. The van der Waals surface area contributed by atoms with Gasteiger partial charge in [-0.1, -0.05) is 6.07 Å². The number of hydrogen-bond acceptors (Lipinski definition) is 3. The van der Waals surface area contributed by atoms with Crippen molar-refractivity contribution in [3.63, 3.8) is 0 Å². The fraction of sp³-hybridized carbons (Fsp3) is 0.111. The zero-order valence-corrected chi connectivity index (χ0v) is 13.1. The van der Waals surface area contributed by atoms with Gasteiger partial charge in [-0.15, -0.1) is 0 Å². The topological polar surface area (TPSA) is 71.2 Å². The van der Waals surface area contributed by atoms with Gasteiger partial charge < -0.3 is 15.0 Å². The Morgan fingerprint density at radius 2 is 1.96 bits per heavy atom. The SMILES string of the molecule is COc1ccc(C)cc1NC(=O)C(=O)c1c[nH]c2cc(F)ccc12. The van der Waals surface area contributed by atoms with Crippen LogP contribution in [0.3, 0.4) is 0 Å². The predicted molar refractivity (Wildman–Crippen MR) is 88.9 cm³/mol. The number of rotatable bonds is 4. The van der Waals surface area contributed by atoms with Gasteiger partial charge in [0.1, 0.15) is 11.6 Å². The molecule has 3 aromatic rings. The zero-order chi connectivity index (χ0) is 17.3. The molecule has 0 saturated heterocycles. The molecular weight excluding hydrogens is 311 g/mol. The van der Waals surface area contributed by atoms with E-state index in [4.69, 9.17) is 4.74 Å². The number of hydrogen-bond donors (Lipinski definition) is 2. The number of methoxy groups -OCH3 is 1. The lowest BCUT2D eigenvalue weighted by molar-refractivity contribution is -0.112. The van der Waals surface area contributed by atoms with Crippen LogP contribution in [0.4, 0.5) is 10.1 Å². The molecule has 0 spiro atoms. The van der Waals surface area contributed by atoms with Gasteiger partial charge >= 0.3 is 0 Å². The number of ketones is 1. The van der Waals surface area contributed by atoms with Crippen LogP contribution < -0.4 is 10.1 Å². The van der Waals surface area contributed by atoms with E-state index in [1.165, 1.54) is 31.5 Å². The molecule has 3 rings (SSSR count). The number of carbonyl (C=O) groups excluding carboxylic acids is 2. The molecule has 0 saturated carbocycles. The summed E-state index contributed by atoms with van der Waals surface area (Å²) in [5.74, 6) is -1.46. The Labute approximate surface area is 137 Å². The van der Waals surface area contributed by atoms with E-state index in [9.17, 15) is 14.0 Å². The molecule has 0 bridgehead atoms. The Balaban J connectivity index is 1.89. The number of halogens is 1. The van der Waals surface area contributed by atoms with Gasteiger partial charge in [-0.2, -0.15) is 0 Å². The highest BCUT2D eigenvalue weighted by atomic mass is 19.1. The van der Waals surface area contributed by atoms with E-state index in [-0.39, 0.29) is 5.56 Å². The third-order valence-corrected chi connectivity index (χ3v) is 3.70. The van der Waals surface area contributed by atoms with Crippen LogP contribution in [0.1, 0.15) is 15.9 Å². The van der Waals surface area contributed by atoms with Crippen molar-refractivity contribution in [3.8, 4) is 5.75 Å². The average molecular weight is 326 g/mol. The second kappa shape index (κ2) is 6.16. The number of carbonyl (C=O) groups is 2. The van der Waals surface area contributed by atoms with Crippen molar-refractivity contribution in [1.82, 2.24) is 4.98 Å². The first-order chi connectivity index (χ1) is 11.5. The summed E-state index contributed by atoms with van der Waals surface area (Å²) < 4.78 is 18.4. The Bertz CT molecular complexity index is 947. The van der Waals surface area contributed by atoms with Crippen LogP contribution in [0.25, 0.3) is 10.9 Å². The van der Waals surface area contributed by atoms with Gasteiger partial charge in [-0.05, 0) is 42.8 Å². The maximum absolute atomic E-state index is 13.2. The molecule has 5 nitrogen and oxygen atoms in total. The number of anilines is 1. The smallest absolute Gasteiger partial charge is 0.296 e. The molecule has 0 aliphatic rings. The zero-order valence-electron chi connectivity index (χ0n) is 13.1. The lowest BCUT2D eigenvalue weighted by Crippen LogP contribution is -2.23. The summed E-state index contributed by atoms with van der Waals surface area (Å²) in [5.41, 5.74) is 1.98. The van der Waals surface area contributed by atoms with Gasteiger partial charge in [-0.25, -0.2) is 4.39 Å². The maximum atomic E-state index is 13.2. The van der Waals surface area contributed by atoms with Crippen molar-refractivity contribution in [2.24, 2.45) is 0 Å². The lowest BCUT2D eigenvalue weighted by Gasteiger charge is -2.10. The van der Waals surface area contributed by atoms with Crippen molar-refractivity contribution in [1.29, 1.82) is 0 Å². The Morgan fingerprint density at radius 3 is 2.71 bits per heavy atom. The Hall–Kier alpha value is -3.15. The molecule has 0 atom stereocenters. The summed E-state index contributed by atoms with van der Waals surface area (Å²) in [5, 5.41) is 3.06. The first-order valence-electron chi connectivity index (χ1n) is 7.26. The van der Waals surface area contributed by atoms with Gasteiger partial charge in [0.15, 0.2) is 0 Å². The van der Waals surface area contributed by atoms with Crippen LogP contribution in [0, 0.1) is 12.7 Å². The molecule has 0 aliphatic carbocycles. The molecule has 2 aromatic carbocycles. The first-order valence-corrected chi connectivity index (χ1v) is 7.26. The molecule has 0 fully saturated rings. The van der Waals surface area contributed by atoms with Crippen LogP contribution in [0.5, 0.6) is 5.75 Å². The fourth-order valence-electron chi connectivity index (χ4n) is 2.51. The third-order valence-electron chi connectivity index (χ3n) is 3.70. The maximum Gasteiger partial charge on any atom is 0.296 e. The molecule has 0 radical (unpaired) electrons. The summed E-state index contributed by atoms with van der Waals surface area (Å²) in [7, 11) is 1.48. The molecule has 0 aliphatic heterocycles. The summed E-state index contributed by atoms with van der Waals surface area (Å²) in [6.45, 7) is 1.87. The number of ether oxygens (including phenoxy) is 1. The number of aryl methyl sites for hydroxylation is 1. The van der Waals surface area contributed by atoms with Crippen molar-refractivity contribution >= 4 is 28.3 Å². The summed E-state index contributed by atoms with van der Waals surface area (Å²) in [6, 6.07) is 9.25. The highest BCUT2D eigenvalue weighted by Gasteiger charge is 2.21. The van der Waals surface area contributed by atoms with Crippen LogP contribution in [-0.4, -0.2) is 23.8 Å². The molecule has 6 heteroatoms. The second-order valence-electron chi connectivity index (χ2n) is 5.38. The number of aromatic amines is 1. The second-order valence-corrected chi connectivity index (χ2v) is 5.38. The number of Topliss-reactive ketones (excluding diaryl/α,β-unsaturated/α-hetero) is 1. The minimum atomic E-state index is -0.788. The number of benzene rings is 2. The van der Waals surface area contributed by atoms with Crippen molar-refractivity contribution in [2.45, 2.75) is 6.92 Å². The Kier molecular flexibility index (Phi) is 4.04. The molecule has 2 N–H and O–H groups in total. The summed E-state index contributed by atoms with van der Waals surface area (Å²) >= 11 is 0. The number of aromatic nitrogens is 1. The van der Waals surface area contributed by atoms with E-state index in [2.05, 4.69) is 10.3 Å². The molecule has 0 unspecified atom stereocenters. The predicted octanol–water partition coefficient (Wildman–Crippen LogP) is 3.45. The van der Waals surface area contributed by atoms with Crippen LogP contribution in [0.2, 0.25) is 0 Å². The van der Waals surface area contributed by atoms with E-state index in [1.54, 1.807) is 12.1 Å². The monoisotopic (exact) mass is 326 g/mol. The van der Waals surface area contributed by atoms with Crippen LogP contribution in [0.15, 0.2) is 42.6 Å². The normalized spacial score (nSPS) is 10.6. The van der Waals surface area contributed by atoms with Crippen LogP contribution in [-0.2, 0) is 4.79 Å². The number of nitrogens with one attached hydrogen (secondary N) is 2. The largest absolute Gasteiger partial charge is 0.495 e. The highest BCUT2D eigenvalue weighted by molar-refractivity contribution is 6.48. The highest BCUT2D eigenvalue weighted by Crippen LogP contribution is 2.26. The third kappa shape index (κ3) is 2.86. The lowest BCUT2D eigenvalue weighted by atomic mass is 10.1. The summed E-state index contributed by atoms with van der Waals surface area (Å²) in [4.78, 5) is 27.5. The van der Waals surface area contributed by atoms with Gasteiger partial charge in [0.25, 0.3) is 11.7 Å². The molecule has 1 amide bonds.